The molecule has 1 saturated carbocycles. The topological polar surface area (TPSA) is 33.1 Å². The SMILES string of the molecule is OC(CCc1cccnc1)C1CCCCCC1. The van der Waals surface area contributed by atoms with E-state index in [9.17, 15) is 5.11 Å². The number of hydrogen-bond donors (Lipinski definition) is 1. The van der Waals surface area contributed by atoms with Crippen LogP contribution in [0.2, 0.25) is 0 Å². The average molecular weight is 233 g/mol. The molecule has 1 aromatic heterocycles. The summed E-state index contributed by atoms with van der Waals surface area (Å²) < 4.78 is 0. The highest BCUT2D eigenvalue weighted by Gasteiger charge is 2.20. The zero-order valence-corrected chi connectivity index (χ0v) is 10.5. The van der Waals surface area contributed by atoms with Crippen LogP contribution in [0.4, 0.5) is 0 Å². The van der Waals surface area contributed by atoms with Gasteiger partial charge in [-0.2, -0.15) is 0 Å². The second-order valence-corrected chi connectivity index (χ2v) is 5.22. The van der Waals surface area contributed by atoms with E-state index in [2.05, 4.69) is 11.1 Å². The Morgan fingerprint density at radius 3 is 2.65 bits per heavy atom. The van der Waals surface area contributed by atoms with Gasteiger partial charge < -0.3 is 5.11 Å². The van der Waals surface area contributed by atoms with Gasteiger partial charge in [0, 0.05) is 12.4 Å². The number of aryl methyl sites for hydroxylation is 1. The van der Waals surface area contributed by atoms with Crippen LogP contribution in [-0.2, 0) is 6.42 Å². The Kier molecular flexibility index (Phi) is 4.99. The van der Waals surface area contributed by atoms with Crippen molar-refractivity contribution in [3.05, 3.63) is 30.1 Å². The molecule has 2 nitrogen and oxygen atoms in total. The quantitative estimate of drug-likeness (QED) is 0.809. The number of aliphatic hydroxyl groups excluding tert-OH is 1. The van der Waals surface area contributed by atoms with Crippen LogP contribution in [0.5, 0.6) is 0 Å². The van der Waals surface area contributed by atoms with Crippen molar-refractivity contribution in [2.75, 3.05) is 0 Å². The van der Waals surface area contributed by atoms with Crippen molar-refractivity contribution in [3.63, 3.8) is 0 Å². The fourth-order valence-corrected chi connectivity index (χ4v) is 2.79. The minimum Gasteiger partial charge on any atom is -0.393 e. The van der Waals surface area contributed by atoms with E-state index in [1.54, 1.807) is 6.20 Å². The Morgan fingerprint density at radius 1 is 1.24 bits per heavy atom. The third kappa shape index (κ3) is 4.12. The number of pyridine rings is 1. The first-order chi connectivity index (χ1) is 8.36. The molecule has 0 amide bonds. The predicted octanol–water partition coefficient (Wildman–Crippen LogP) is 3.35. The van der Waals surface area contributed by atoms with Gasteiger partial charge in [0.25, 0.3) is 0 Å². The Bertz CT molecular complexity index is 304. The van der Waals surface area contributed by atoms with Gasteiger partial charge in [0.2, 0.25) is 0 Å². The van der Waals surface area contributed by atoms with Crippen molar-refractivity contribution >= 4 is 0 Å². The largest absolute Gasteiger partial charge is 0.393 e. The molecule has 1 aliphatic carbocycles. The van der Waals surface area contributed by atoms with E-state index in [0.29, 0.717) is 5.92 Å². The fraction of sp³-hybridized carbons (Fsp3) is 0.667. The predicted molar refractivity (Wildman–Crippen MR) is 69.8 cm³/mol. The van der Waals surface area contributed by atoms with Gasteiger partial charge in [0.1, 0.15) is 0 Å². The van der Waals surface area contributed by atoms with Crippen molar-refractivity contribution in [2.45, 2.75) is 57.5 Å². The molecule has 0 radical (unpaired) electrons. The van der Waals surface area contributed by atoms with E-state index in [0.717, 1.165) is 12.8 Å². The van der Waals surface area contributed by atoms with E-state index >= 15 is 0 Å². The lowest BCUT2D eigenvalue weighted by Crippen LogP contribution is -2.20. The molecule has 1 aromatic rings. The molecule has 0 aromatic carbocycles. The Balaban J connectivity index is 1.78. The van der Waals surface area contributed by atoms with Crippen LogP contribution in [0.25, 0.3) is 0 Å². The van der Waals surface area contributed by atoms with Crippen molar-refractivity contribution in [2.24, 2.45) is 5.92 Å². The van der Waals surface area contributed by atoms with Gasteiger partial charge in [-0.05, 0) is 43.2 Å². The van der Waals surface area contributed by atoms with Crippen molar-refractivity contribution < 1.29 is 5.11 Å². The van der Waals surface area contributed by atoms with Gasteiger partial charge >= 0.3 is 0 Å². The molecule has 1 fully saturated rings. The van der Waals surface area contributed by atoms with Crippen LogP contribution in [0, 0.1) is 5.92 Å². The molecule has 0 spiro atoms. The van der Waals surface area contributed by atoms with E-state index < -0.39 is 0 Å². The van der Waals surface area contributed by atoms with Crippen LogP contribution >= 0.6 is 0 Å². The summed E-state index contributed by atoms with van der Waals surface area (Å²) in [6, 6.07) is 4.06. The molecule has 0 bridgehead atoms. The molecule has 1 atom stereocenters. The summed E-state index contributed by atoms with van der Waals surface area (Å²) in [5.41, 5.74) is 1.24. The molecule has 1 unspecified atom stereocenters. The monoisotopic (exact) mass is 233 g/mol. The van der Waals surface area contributed by atoms with E-state index in [4.69, 9.17) is 0 Å². The third-order valence-electron chi connectivity index (χ3n) is 3.90. The first-order valence-corrected chi connectivity index (χ1v) is 6.93. The molecule has 1 N–H and O–H groups in total. The molecule has 0 saturated heterocycles. The maximum Gasteiger partial charge on any atom is 0.0571 e. The summed E-state index contributed by atoms with van der Waals surface area (Å²) in [6.07, 6.45) is 13.2. The number of aromatic nitrogens is 1. The van der Waals surface area contributed by atoms with Gasteiger partial charge in [-0.1, -0.05) is 31.7 Å². The highest BCUT2D eigenvalue weighted by atomic mass is 16.3. The van der Waals surface area contributed by atoms with E-state index in [-0.39, 0.29) is 6.10 Å². The smallest absolute Gasteiger partial charge is 0.0571 e. The molecule has 17 heavy (non-hydrogen) atoms. The molecular formula is C15H23NO. The molecule has 94 valence electrons. The normalized spacial score (nSPS) is 19.8. The fourth-order valence-electron chi connectivity index (χ4n) is 2.79. The van der Waals surface area contributed by atoms with Crippen LogP contribution in [0.3, 0.4) is 0 Å². The number of nitrogens with zero attached hydrogens (tertiary/aromatic N) is 1. The number of rotatable bonds is 4. The standard InChI is InChI=1S/C15H23NO/c17-15(14-7-3-1-2-4-8-14)10-9-13-6-5-11-16-12-13/h5-6,11-12,14-15,17H,1-4,7-10H2. The van der Waals surface area contributed by atoms with Gasteiger partial charge in [-0.25, -0.2) is 0 Å². The van der Waals surface area contributed by atoms with Gasteiger partial charge in [0.05, 0.1) is 6.10 Å². The third-order valence-corrected chi connectivity index (χ3v) is 3.90. The van der Waals surface area contributed by atoms with Gasteiger partial charge in [0.15, 0.2) is 0 Å². The lowest BCUT2D eigenvalue weighted by molar-refractivity contribution is 0.0904. The number of hydrogen-bond acceptors (Lipinski definition) is 2. The summed E-state index contributed by atoms with van der Waals surface area (Å²) in [6.45, 7) is 0. The zero-order chi connectivity index (χ0) is 11.9. The van der Waals surface area contributed by atoms with Crippen molar-refractivity contribution in [3.8, 4) is 0 Å². The summed E-state index contributed by atoms with van der Waals surface area (Å²) in [7, 11) is 0. The molecule has 2 rings (SSSR count). The van der Waals surface area contributed by atoms with Crippen LogP contribution < -0.4 is 0 Å². The van der Waals surface area contributed by atoms with Crippen LogP contribution in [-0.4, -0.2) is 16.2 Å². The molecule has 1 heterocycles. The summed E-state index contributed by atoms with van der Waals surface area (Å²) >= 11 is 0. The first-order valence-electron chi connectivity index (χ1n) is 6.93. The molecule has 2 heteroatoms. The highest BCUT2D eigenvalue weighted by Crippen LogP contribution is 2.27. The summed E-state index contributed by atoms with van der Waals surface area (Å²) in [4.78, 5) is 4.11. The van der Waals surface area contributed by atoms with Crippen molar-refractivity contribution in [1.82, 2.24) is 4.98 Å². The maximum atomic E-state index is 10.2. The minimum atomic E-state index is -0.117. The zero-order valence-electron chi connectivity index (χ0n) is 10.5. The van der Waals surface area contributed by atoms with E-state index in [1.807, 2.05) is 12.3 Å². The molecule has 0 aliphatic heterocycles. The number of aliphatic hydroxyl groups is 1. The summed E-state index contributed by atoms with van der Waals surface area (Å²) in [5.74, 6) is 0.536. The summed E-state index contributed by atoms with van der Waals surface area (Å²) in [5, 5.41) is 10.2. The lowest BCUT2D eigenvalue weighted by atomic mass is 9.90. The molecular weight excluding hydrogens is 210 g/mol. The van der Waals surface area contributed by atoms with Crippen LogP contribution in [0.1, 0.15) is 50.5 Å². The molecule has 1 aliphatic rings. The highest BCUT2D eigenvalue weighted by molar-refractivity contribution is 5.08. The average Bonchev–Trinajstić information content (AvgIpc) is 2.66. The lowest BCUT2D eigenvalue weighted by Gasteiger charge is -2.21. The van der Waals surface area contributed by atoms with Crippen LogP contribution in [0.15, 0.2) is 24.5 Å². The first kappa shape index (κ1) is 12.6. The second-order valence-electron chi connectivity index (χ2n) is 5.22. The van der Waals surface area contributed by atoms with Crippen molar-refractivity contribution in [1.29, 1.82) is 0 Å². The second kappa shape index (κ2) is 6.75. The Labute approximate surface area is 104 Å². The van der Waals surface area contributed by atoms with E-state index in [1.165, 1.54) is 44.1 Å². The maximum absolute atomic E-state index is 10.2. The van der Waals surface area contributed by atoms with Gasteiger partial charge in [-0.3, -0.25) is 4.98 Å². The minimum absolute atomic E-state index is 0.117. The van der Waals surface area contributed by atoms with Gasteiger partial charge in [-0.15, -0.1) is 0 Å². The Morgan fingerprint density at radius 2 is 2.00 bits per heavy atom. The Hall–Kier alpha value is -0.890.